The molecule has 0 saturated heterocycles. The molecule has 29 heavy (non-hydrogen) atoms. The Hall–Kier alpha value is -1.67. The van der Waals surface area contributed by atoms with Gasteiger partial charge in [-0.2, -0.15) is 8.42 Å². The van der Waals surface area contributed by atoms with Gasteiger partial charge in [-0.1, -0.05) is 76.7 Å². The zero-order valence-electron chi connectivity index (χ0n) is 14.3. The van der Waals surface area contributed by atoms with E-state index in [0.717, 1.165) is 12.1 Å². The lowest BCUT2D eigenvalue weighted by Gasteiger charge is -2.34. The maximum absolute atomic E-state index is 13.0. The second-order valence-corrected chi connectivity index (χ2v) is 9.34. The summed E-state index contributed by atoms with van der Waals surface area (Å²) in [7, 11) is -5.18. The molecule has 0 spiro atoms. The fourth-order valence-electron chi connectivity index (χ4n) is 3.31. The molecule has 0 amide bonds. The Morgan fingerprint density at radius 2 is 1.17 bits per heavy atom. The van der Waals surface area contributed by atoms with Crippen molar-refractivity contribution in [1.29, 1.82) is 0 Å². The average Bonchev–Trinajstić information content (AvgIpc) is 2.58. The van der Waals surface area contributed by atoms with E-state index in [0.29, 0.717) is 0 Å². The topological polar surface area (TPSA) is 94.8 Å². The third kappa shape index (κ3) is 3.65. The van der Waals surface area contributed by atoms with Gasteiger partial charge in [0.05, 0.1) is 5.56 Å². The van der Waals surface area contributed by atoms with Crippen molar-refractivity contribution in [1.82, 2.24) is 0 Å². The molecule has 0 saturated carbocycles. The van der Waals surface area contributed by atoms with Crippen molar-refractivity contribution in [3.63, 3.8) is 0 Å². The van der Waals surface area contributed by atoms with Gasteiger partial charge >= 0.3 is 0 Å². The van der Waals surface area contributed by atoms with E-state index in [1.807, 2.05) is 0 Å². The lowest BCUT2D eigenvalue weighted by atomic mass is 9.82. The molecule has 0 aromatic heterocycles. The van der Waals surface area contributed by atoms with Crippen LogP contribution in [0.3, 0.4) is 0 Å². The highest BCUT2D eigenvalue weighted by Crippen LogP contribution is 2.54. The van der Waals surface area contributed by atoms with Crippen molar-refractivity contribution >= 4 is 56.5 Å². The Morgan fingerprint density at radius 1 is 0.724 bits per heavy atom. The first-order chi connectivity index (χ1) is 13.5. The van der Waals surface area contributed by atoms with E-state index in [4.69, 9.17) is 46.4 Å². The van der Waals surface area contributed by atoms with Crippen LogP contribution >= 0.6 is 46.4 Å². The van der Waals surface area contributed by atoms with Crippen LogP contribution in [0.4, 0.5) is 0 Å². The summed E-state index contributed by atoms with van der Waals surface area (Å²) in [5.74, 6) is -1.39. The van der Waals surface area contributed by atoms with Gasteiger partial charge in [-0.25, -0.2) is 0 Å². The van der Waals surface area contributed by atoms with Crippen molar-refractivity contribution < 1.29 is 23.2 Å². The molecule has 1 unspecified atom stereocenters. The molecular weight excluding hydrogens is 482 g/mol. The molecule has 3 aromatic carbocycles. The molecular formula is C19H12Cl4O5S. The lowest BCUT2D eigenvalue weighted by molar-refractivity contribution is 0.416. The van der Waals surface area contributed by atoms with E-state index in [-0.39, 0.29) is 31.2 Å². The van der Waals surface area contributed by atoms with Crippen molar-refractivity contribution in [3.8, 4) is 11.5 Å². The van der Waals surface area contributed by atoms with Crippen LogP contribution in [0.1, 0.15) is 16.7 Å². The van der Waals surface area contributed by atoms with E-state index < -0.39 is 31.9 Å². The number of benzene rings is 3. The third-order valence-electron chi connectivity index (χ3n) is 4.34. The second kappa shape index (κ2) is 7.87. The Balaban J connectivity index is 2.67. The van der Waals surface area contributed by atoms with Gasteiger partial charge in [0.25, 0.3) is 10.1 Å². The Morgan fingerprint density at radius 3 is 1.62 bits per heavy atom. The molecule has 1 atom stereocenters. The predicted octanol–water partition coefficient (Wildman–Crippen LogP) is 5.89. The summed E-state index contributed by atoms with van der Waals surface area (Å²) in [4.78, 5) is 0. The van der Waals surface area contributed by atoms with Crippen LogP contribution in [0.5, 0.6) is 11.5 Å². The van der Waals surface area contributed by atoms with Crippen LogP contribution in [0, 0.1) is 0 Å². The molecule has 152 valence electrons. The molecule has 3 rings (SSSR count). The second-order valence-electron chi connectivity index (χ2n) is 6.09. The van der Waals surface area contributed by atoms with E-state index in [1.54, 1.807) is 6.07 Å². The zero-order chi connectivity index (χ0) is 21.6. The van der Waals surface area contributed by atoms with Gasteiger partial charge in [0, 0.05) is 25.7 Å². The predicted molar refractivity (Wildman–Crippen MR) is 114 cm³/mol. The van der Waals surface area contributed by atoms with E-state index in [1.165, 1.54) is 36.4 Å². The van der Waals surface area contributed by atoms with Crippen LogP contribution in [0.2, 0.25) is 20.1 Å². The quantitative estimate of drug-likeness (QED) is 0.311. The zero-order valence-corrected chi connectivity index (χ0v) is 18.1. The van der Waals surface area contributed by atoms with Crippen LogP contribution in [-0.4, -0.2) is 23.2 Å². The monoisotopic (exact) mass is 492 g/mol. The van der Waals surface area contributed by atoms with Gasteiger partial charge in [0.2, 0.25) is 0 Å². The first-order valence-corrected chi connectivity index (χ1v) is 10.8. The number of rotatable bonds is 4. The first-order valence-electron chi connectivity index (χ1n) is 7.89. The largest absolute Gasteiger partial charge is 0.507 e. The van der Waals surface area contributed by atoms with E-state index >= 15 is 0 Å². The molecule has 0 bridgehead atoms. The van der Waals surface area contributed by atoms with Gasteiger partial charge in [-0.05, 0) is 29.8 Å². The Kier molecular flexibility index (Phi) is 5.98. The molecule has 0 heterocycles. The summed E-state index contributed by atoms with van der Waals surface area (Å²) < 4.78 is 33.9. The number of hydrogen-bond acceptors (Lipinski definition) is 4. The van der Waals surface area contributed by atoms with Gasteiger partial charge in [0.1, 0.15) is 11.5 Å². The minimum absolute atomic E-state index is 0.0402. The van der Waals surface area contributed by atoms with Gasteiger partial charge in [-0.3, -0.25) is 4.55 Å². The number of hydrogen-bond donors (Lipinski definition) is 3. The summed E-state index contributed by atoms with van der Waals surface area (Å²) >= 11 is 24.5. The number of aromatic hydroxyl groups is 2. The summed E-state index contributed by atoms with van der Waals surface area (Å²) in [6, 6.07) is 11.9. The molecule has 0 aliphatic rings. The van der Waals surface area contributed by atoms with Crippen LogP contribution in [-0.2, 0) is 14.9 Å². The van der Waals surface area contributed by atoms with Crippen LogP contribution < -0.4 is 0 Å². The molecule has 3 N–H and O–H groups in total. The van der Waals surface area contributed by atoms with Crippen molar-refractivity contribution in [2.45, 2.75) is 4.75 Å². The molecule has 5 nitrogen and oxygen atoms in total. The van der Waals surface area contributed by atoms with Crippen LogP contribution in [0.25, 0.3) is 0 Å². The number of phenolic OH excluding ortho intramolecular Hbond substituents is 2. The lowest BCUT2D eigenvalue weighted by Crippen LogP contribution is -2.39. The van der Waals surface area contributed by atoms with Crippen molar-refractivity contribution in [2.24, 2.45) is 0 Å². The summed E-state index contributed by atoms with van der Waals surface area (Å²) in [5, 5.41) is 20.8. The third-order valence-corrected chi connectivity index (χ3v) is 6.79. The molecule has 0 radical (unpaired) electrons. The Bertz CT molecular complexity index is 1090. The first kappa shape index (κ1) is 22.0. The molecule has 10 heteroatoms. The fourth-order valence-corrected chi connectivity index (χ4v) is 6.11. The minimum atomic E-state index is -5.18. The van der Waals surface area contributed by atoms with E-state index in [9.17, 15) is 23.2 Å². The average molecular weight is 494 g/mol. The number of phenols is 2. The summed E-state index contributed by atoms with van der Waals surface area (Å²) in [6.07, 6.45) is 0. The Labute approximate surface area is 186 Å². The summed E-state index contributed by atoms with van der Waals surface area (Å²) in [6.45, 7) is 0. The summed E-state index contributed by atoms with van der Waals surface area (Å²) in [5.41, 5.74) is -0.907. The maximum atomic E-state index is 13.0. The maximum Gasteiger partial charge on any atom is 0.283 e. The van der Waals surface area contributed by atoms with Crippen molar-refractivity contribution in [3.05, 3.63) is 91.4 Å². The molecule has 0 aliphatic carbocycles. The standard InChI is InChI=1S/C19H12Cl4O5S/c20-11-6-13(22)17(14(23)7-11)19(29(26,27)28,10-4-2-1-3-5-10)18-15(24)8-12(21)9-16(18)25/h1-9,24-25H,(H,26,27,28). The normalized spacial score (nSPS) is 13.8. The smallest absolute Gasteiger partial charge is 0.283 e. The molecule has 0 fully saturated rings. The van der Waals surface area contributed by atoms with E-state index in [2.05, 4.69) is 0 Å². The van der Waals surface area contributed by atoms with Crippen LogP contribution in [0.15, 0.2) is 54.6 Å². The fraction of sp³-hybridized carbons (Fsp3) is 0.0526. The SMILES string of the molecule is O=S(=O)(O)C(c1ccccc1)(c1c(O)cc(Cl)cc1O)c1c(Cl)cc(Cl)cc1Cl. The number of halogens is 4. The van der Waals surface area contributed by atoms with Gasteiger partial charge in [-0.15, -0.1) is 0 Å². The molecule has 3 aromatic rings. The molecule has 0 aliphatic heterocycles. The van der Waals surface area contributed by atoms with Gasteiger partial charge < -0.3 is 10.2 Å². The highest BCUT2D eigenvalue weighted by molar-refractivity contribution is 7.87. The highest BCUT2D eigenvalue weighted by atomic mass is 35.5. The van der Waals surface area contributed by atoms with Gasteiger partial charge in [0.15, 0.2) is 4.75 Å². The minimum Gasteiger partial charge on any atom is -0.507 e. The highest BCUT2D eigenvalue weighted by Gasteiger charge is 2.54. The van der Waals surface area contributed by atoms with Crippen molar-refractivity contribution in [2.75, 3.05) is 0 Å².